The van der Waals surface area contributed by atoms with E-state index < -0.39 is 11.9 Å². The molecule has 9 heteroatoms. The molecule has 0 saturated carbocycles. The molecule has 2 fully saturated rings. The van der Waals surface area contributed by atoms with Gasteiger partial charge in [0, 0.05) is 31.5 Å². The maximum absolute atomic E-state index is 13.3. The van der Waals surface area contributed by atoms with Crippen molar-refractivity contribution in [1.29, 1.82) is 0 Å². The lowest BCUT2D eigenvalue weighted by Gasteiger charge is -2.31. The van der Waals surface area contributed by atoms with Gasteiger partial charge >= 0.3 is 6.09 Å². The third-order valence-corrected chi connectivity index (χ3v) is 7.39. The van der Waals surface area contributed by atoms with Crippen molar-refractivity contribution in [3.05, 3.63) is 63.9 Å². The van der Waals surface area contributed by atoms with Crippen molar-refractivity contribution < 1.29 is 18.7 Å². The van der Waals surface area contributed by atoms with E-state index in [-0.39, 0.29) is 29.5 Å². The summed E-state index contributed by atoms with van der Waals surface area (Å²) < 4.78 is 18.8. The molecule has 2 atom stereocenters. The SMILES string of the molecule is CCN(C(=O)Oc1ccc(F)cc1)[C@@H]1CN(C(=O)C2CCNCC2)C[C@H]1c1ccc(Cl)c(Cl)c1. The Morgan fingerprint density at radius 3 is 2.44 bits per heavy atom. The number of amides is 2. The summed E-state index contributed by atoms with van der Waals surface area (Å²) >= 11 is 12.4. The lowest BCUT2D eigenvalue weighted by Crippen LogP contribution is -2.46. The number of piperidine rings is 1. The molecule has 0 aliphatic carbocycles. The largest absolute Gasteiger partial charge is 0.415 e. The lowest BCUT2D eigenvalue weighted by molar-refractivity contribution is -0.135. The first-order valence-corrected chi connectivity index (χ1v) is 12.3. The van der Waals surface area contributed by atoms with Crippen LogP contribution in [-0.2, 0) is 4.79 Å². The van der Waals surface area contributed by atoms with Crippen LogP contribution in [0.4, 0.5) is 9.18 Å². The van der Waals surface area contributed by atoms with Gasteiger partial charge in [0.1, 0.15) is 11.6 Å². The number of likely N-dealkylation sites (tertiary alicyclic amines) is 1. The molecule has 182 valence electrons. The maximum atomic E-state index is 13.3. The van der Waals surface area contributed by atoms with E-state index in [1.807, 2.05) is 17.9 Å². The molecule has 34 heavy (non-hydrogen) atoms. The Balaban J connectivity index is 1.59. The van der Waals surface area contributed by atoms with Gasteiger partial charge in [-0.3, -0.25) is 4.79 Å². The Morgan fingerprint density at radius 2 is 1.79 bits per heavy atom. The highest BCUT2D eigenvalue weighted by atomic mass is 35.5. The summed E-state index contributed by atoms with van der Waals surface area (Å²) in [6.45, 7) is 4.79. The van der Waals surface area contributed by atoms with Crippen molar-refractivity contribution in [3.8, 4) is 5.75 Å². The second-order valence-corrected chi connectivity index (χ2v) is 9.54. The number of hydrogen-bond donors (Lipinski definition) is 1. The number of rotatable bonds is 5. The van der Waals surface area contributed by atoms with Gasteiger partial charge < -0.3 is 19.9 Å². The first-order valence-electron chi connectivity index (χ1n) is 11.6. The van der Waals surface area contributed by atoms with Gasteiger partial charge in [-0.2, -0.15) is 0 Å². The third kappa shape index (κ3) is 5.48. The molecule has 1 N–H and O–H groups in total. The van der Waals surface area contributed by atoms with Gasteiger partial charge in [0.15, 0.2) is 0 Å². The minimum absolute atomic E-state index is 0.0179. The van der Waals surface area contributed by atoms with Crippen LogP contribution in [0.2, 0.25) is 10.0 Å². The van der Waals surface area contributed by atoms with E-state index in [1.54, 1.807) is 17.0 Å². The predicted octanol–water partition coefficient (Wildman–Crippen LogP) is 4.95. The van der Waals surface area contributed by atoms with Gasteiger partial charge in [-0.25, -0.2) is 9.18 Å². The molecule has 0 unspecified atom stereocenters. The molecular weight excluding hydrogens is 480 g/mol. The number of ether oxygens (including phenoxy) is 1. The molecule has 2 saturated heterocycles. The number of carbonyl (C=O) groups is 2. The Hall–Kier alpha value is -2.35. The summed E-state index contributed by atoms with van der Waals surface area (Å²) in [4.78, 5) is 30.0. The molecule has 6 nitrogen and oxygen atoms in total. The van der Waals surface area contributed by atoms with E-state index >= 15 is 0 Å². The smallest absolute Gasteiger partial charge is 0.410 e. The highest BCUT2D eigenvalue weighted by molar-refractivity contribution is 6.42. The molecule has 2 aromatic rings. The Bertz CT molecular complexity index is 1030. The van der Waals surface area contributed by atoms with Gasteiger partial charge in [0.05, 0.1) is 16.1 Å². The van der Waals surface area contributed by atoms with Crippen LogP contribution in [0, 0.1) is 11.7 Å². The number of nitrogens with zero attached hydrogens (tertiary/aromatic N) is 2. The summed E-state index contributed by atoms with van der Waals surface area (Å²) in [6.07, 6.45) is 1.07. The van der Waals surface area contributed by atoms with Crippen LogP contribution in [0.25, 0.3) is 0 Å². The van der Waals surface area contributed by atoms with Crippen molar-refractivity contribution >= 4 is 35.2 Å². The lowest BCUT2D eigenvalue weighted by atomic mass is 9.93. The predicted molar refractivity (Wildman–Crippen MR) is 130 cm³/mol. The number of carbonyl (C=O) groups excluding carboxylic acids is 2. The Morgan fingerprint density at radius 1 is 1.09 bits per heavy atom. The molecular formula is C25H28Cl2FN3O3. The standard InChI is InChI=1S/C25H28Cl2FN3O3/c1-2-31(25(33)34-19-6-4-18(28)5-7-19)23-15-30(24(32)16-9-11-29-12-10-16)14-20(23)17-3-8-21(26)22(27)13-17/h3-8,13,16,20,23,29H,2,9-12,14-15H2,1H3/t20-,23+/m0/s1. The van der Waals surface area contributed by atoms with E-state index in [0.29, 0.717) is 29.7 Å². The zero-order valence-electron chi connectivity index (χ0n) is 19.0. The fraction of sp³-hybridized carbons (Fsp3) is 0.440. The van der Waals surface area contributed by atoms with E-state index in [2.05, 4.69) is 5.32 Å². The fourth-order valence-electron chi connectivity index (χ4n) is 4.84. The first-order chi connectivity index (χ1) is 16.4. The van der Waals surface area contributed by atoms with Crippen LogP contribution < -0.4 is 10.1 Å². The van der Waals surface area contributed by atoms with E-state index in [9.17, 15) is 14.0 Å². The van der Waals surface area contributed by atoms with Crippen LogP contribution in [0.3, 0.4) is 0 Å². The van der Waals surface area contributed by atoms with Crippen LogP contribution in [0.1, 0.15) is 31.2 Å². The molecule has 0 bridgehead atoms. The maximum Gasteiger partial charge on any atom is 0.415 e. The third-order valence-electron chi connectivity index (χ3n) is 6.66. The van der Waals surface area contributed by atoms with Crippen LogP contribution >= 0.6 is 23.2 Å². The van der Waals surface area contributed by atoms with E-state index in [1.165, 1.54) is 24.3 Å². The summed E-state index contributed by atoms with van der Waals surface area (Å²) in [5.41, 5.74) is 0.910. The van der Waals surface area contributed by atoms with Crippen LogP contribution in [-0.4, -0.2) is 60.6 Å². The number of nitrogens with one attached hydrogen (secondary N) is 1. The number of likely N-dealkylation sites (N-methyl/N-ethyl adjacent to an activating group) is 1. The average Bonchev–Trinajstić information content (AvgIpc) is 3.28. The first kappa shape index (κ1) is 24.8. The fourth-order valence-corrected chi connectivity index (χ4v) is 5.15. The number of halogens is 3. The number of benzene rings is 2. The van der Waals surface area contributed by atoms with Crippen LogP contribution in [0.5, 0.6) is 5.75 Å². The van der Waals surface area contributed by atoms with Crippen molar-refractivity contribution in [3.63, 3.8) is 0 Å². The van der Waals surface area contributed by atoms with E-state index in [0.717, 1.165) is 31.5 Å². The minimum Gasteiger partial charge on any atom is -0.410 e. The molecule has 2 aliphatic rings. The second-order valence-electron chi connectivity index (χ2n) is 8.72. The average molecular weight is 508 g/mol. The molecule has 2 heterocycles. The Labute approximate surface area is 208 Å². The van der Waals surface area contributed by atoms with E-state index in [4.69, 9.17) is 27.9 Å². The summed E-state index contributed by atoms with van der Waals surface area (Å²) in [5, 5.41) is 4.17. The zero-order chi connectivity index (χ0) is 24.2. The van der Waals surface area contributed by atoms with Gasteiger partial charge in [0.25, 0.3) is 0 Å². The summed E-state index contributed by atoms with van der Waals surface area (Å²) in [7, 11) is 0. The quantitative estimate of drug-likeness (QED) is 0.621. The molecule has 2 amide bonds. The summed E-state index contributed by atoms with van der Waals surface area (Å²) in [6, 6.07) is 10.4. The zero-order valence-corrected chi connectivity index (χ0v) is 20.5. The van der Waals surface area contributed by atoms with Gasteiger partial charge in [-0.05, 0) is 74.8 Å². The molecule has 4 rings (SSSR count). The molecule has 0 spiro atoms. The Kier molecular flexibility index (Phi) is 7.96. The molecule has 0 aromatic heterocycles. The van der Waals surface area contributed by atoms with Crippen molar-refractivity contribution in [2.24, 2.45) is 5.92 Å². The molecule has 2 aliphatic heterocycles. The van der Waals surface area contributed by atoms with Crippen molar-refractivity contribution in [2.75, 3.05) is 32.7 Å². The van der Waals surface area contributed by atoms with Crippen LogP contribution in [0.15, 0.2) is 42.5 Å². The normalized spacial score (nSPS) is 20.9. The van der Waals surface area contributed by atoms with Crippen molar-refractivity contribution in [2.45, 2.75) is 31.7 Å². The highest BCUT2D eigenvalue weighted by Gasteiger charge is 2.43. The second kappa shape index (κ2) is 10.9. The molecule has 0 radical (unpaired) electrons. The molecule has 2 aromatic carbocycles. The van der Waals surface area contributed by atoms with Gasteiger partial charge in [0.2, 0.25) is 5.91 Å². The number of hydrogen-bond acceptors (Lipinski definition) is 4. The summed E-state index contributed by atoms with van der Waals surface area (Å²) in [5.74, 6) is -0.194. The topological polar surface area (TPSA) is 61.9 Å². The van der Waals surface area contributed by atoms with Gasteiger partial charge in [-0.15, -0.1) is 0 Å². The highest BCUT2D eigenvalue weighted by Crippen LogP contribution is 2.36. The monoisotopic (exact) mass is 507 g/mol. The van der Waals surface area contributed by atoms with Gasteiger partial charge in [-0.1, -0.05) is 29.3 Å². The minimum atomic E-state index is -0.541. The van der Waals surface area contributed by atoms with Crippen molar-refractivity contribution in [1.82, 2.24) is 15.1 Å².